The Bertz CT molecular complexity index is 268. The summed E-state index contributed by atoms with van der Waals surface area (Å²) < 4.78 is 0.659. The number of likely N-dealkylation sites (tertiary alicyclic amines) is 1. The van der Waals surface area contributed by atoms with Gasteiger partial charge in [0.15, 0.2) is 4.47 Å². The zero-order valence-corrected chi connectivity index (χ0v) is 9.07. The summed E-state index contributed by atoms with van der Waals surface area (Å²) in [4.78, 5) is 7.80. The molecule has 0 aromatic carbocycles. The van der Waals surface area contributed by atoms with Crippen molar-refractivity contribution < 1.29 is 0 Å². The van der Waals surface area contributed by atoms with Crippen LogP contribution in [0.25, 0.3) is 0 Å². The zero-order valence-electron chi connectivity index (χ0n) is 7.50. The van der Waals surface area contributed by atoms with Gasteiger partial charge < -0.3 is 0 Å². The molecule has 2 rings (SSSR count). The van der Waals surface area contributed by atoms with Crippen molar-refractivity contribution in [1.29, 1.82) is 0 Å². The second-order valence-electron chi connectivity index (χ2n) is 3.42. The average Bonchev–Trinajstić information content (AvgIpc) is 2.53. The fourth-order valence-electron chi connectivity index (χ4n) is 1.69. The number of rotatable bonds is 2. The van der Waals surface area contributed by atoms with E-state index in [1.165, 1.54) is 37.2 Å². The molecule has 0 radical (unpaired) electrons. The minimum atomic E-state index is 0.659. The summed E-state index contributed by atoms with van der Waals surface area (Å²) in [5.41, 5.74) is 0. The van der Waals surface area contributed by atoms with Gasteiger partial charge in [-0.05, 0) is 25.9 Å². The van der Waals surface area contributed by atoms with Crippen LogP contribution in [0.5, 0.6) is 0 Å². The van der Waals surface area contributed by atoms with Crippen molar-refractivity contribution in [2.45, 2.75) is 25.8 Å². The molecule has 1 aliphatic heterocycles. The third kappa shape index (κ3) is 2.66. The van der Waals surface area contributed by atoms with Crippen molar-refractivity contribution in [1.82, 2.24) is 9.88 Å². The topological polar surface area (TPSA) is 16.1 Å². The molecule has 0 amide bonds. The molecule has 1 saturated heterocycles. The Morgan fingerprint density at radius 2 is 2.15 bits per heavy atom. The van der Waals surface area contributed by atoms with Crippen LogP contribution in [-0.4, -0.2) is 23.0 Å². The van der Waals surface area contributed by atoms with Crippen LogP contribution in [0.3, 0.4) is 0 Å². The van der Waals surface area contributed by atoms with Crippen LogP contribution < -0.4 is 0 Å². The van der Waals surface area contributed by atoms with E-state index in [0.717, 1.165) is 6.54 Å². The molecule has 1 aromatic rings. The number of nitrogens with zero attached hydrogens (tertiary/aromatic N) is 2. The highest BCUT2D eigenvalue weighted by atomic mass is 35.5. The maximum absolute atomic E-state index is 5.77. The Morgan fingerprint density at radius 1 is 1.38 bits per heavy atom. The number of aromatic nitrogens is 1. The molecule has 0 saturated carbocycles. The van der Waals surface area contributed by atoms with Crippen molar-refractivity contribution in [3.8, 4) is 0 Å². The molecule has 2 nitrogen and oxygen atoms in total. The highest BCUT2D eigenvalue weighted by molar-refractivity contribution is 7.15. The van der Waals surface area contributed by atoms with Crippen molar-refractivity contribution in [2.75, 3.05) is 13.1 Å². The summed E-state index contributed by atoms with van der Waals surface area (Å²) in [6.45, 7) is 3.50. The largest absolute Gasteiger partial charge is 0.298 e. The lowest BCUT2D eigenvalue weighted by Crippen LogP contribution is -2.28. The van der Waals surface area contributed by atoms with Crippen LogP contribution in [0.4, 0.5) is 0 Å². The minimum Gasteiger partial charge on any atom is -0.298 e. The molecule has 1 aromatic heterocycles. The number of hydrogen-bond acceptors (Lipinski definition) is 3. The molecule has 2 heterocycles. The fraction of sp³-hybridized carbons (Fsp3) is 0.667. The van der Waals surface area contributed by atoms with Crippen LogP contribution in [0.2, 0.25) is 4.47 Å². The standard InChI is InChI=1S/C9H13ClN2S/c10-9-11-6-8(13-9)7-12-4-2-1-3-5-12/h6H,1-5,7H2. The molecular weight excluding hydrogens is 204 g/mol. The zero-order chi connectivity index (χ0) is 9.10. The molecule has 0 unspecified atom stereocenters. The molecule has 13 heavy (non-hydrogen) atoms. The number of halogens is 1. The maximum Gasteiger partial charge on any atom is 0.183 e. The molecule has 4 heteroatoms. The second kappa shape index (κ2) is 4.40. The van der Waals surface area contributed by atoms with Crippen molar-refractivity contribution >= 4 is 22.9 Å². The number of piperidine rings is 1. The van der Waals surface area contributed by atoms with E-state index >= 15 is 0 Å². The molecule has 0 bridgehead atoms. The van der Waals surface area contributed by atoms with Crippen LogP contribution in [0, 0.1) is 0 Å². The van der Waals surface area contributed by atoms with E-state index in [-0.39, 0.29) is 0 Å². The fourth-order valence-corrected chi connectivity index (χ4v) is 2.72. The lowest BCUT2D eigenvalue weighted by molar-refractivity contribution is 0.222. The van der Waals surface area contributed by atoms with E-state index in [2.05, 4.69) is 9.88 Å². The van der Waals surface area contributed by atoms with Gasteiger partial charge in [0.2, 0.25) is 0 Å². The number of hydrogen-bond donors (Lipinski definition) is 0. The van der Waals surface area contributed by atoms with Gasteiger partial charge in [-0.1, -0.05) is 18.0 Å². The molecular formula is C9H13ClN2S. The van der Waals surface area contributed by atoms with E-state index in [1.54, 1.807) is 11.3 Å². The summed E-state index contributed by atoms with van der Waals surface area (Å²) in [7, 11) is 0. The van der Waals surface area contributed by atoms with Crippen molar-refractivity contribution in [3.05, 3.63) is 15.5 Å². The first-order chi connectivity index (χ1) is 6.34. The summed E-state index contributed by atoms with van der Waals surface area (Å²) >= 11 is 7.36. The Kier molecular flexibility index (Phi) is 3.19. The maximum atomic E-state index is 5.77. The van der Waals surface area contributed by atoms with Gasteiger partial charge in [0.1, 0.15) is 0 Å². The van der Waals surface area contributed by atoms with E-state index in [1.807, 2.05) is 6.20 Å². The van der Waals surface area contributed by atoms with Crippen LogP contribution in [0.15, 0.2) is 6.20 Å². The van der Waals surface area contributed by atoms with Gasteiger partial charge in [-0.15, -0.1) is 11.3 Å². The molecule has 1 aliphatic rings. The first-order valence-corrected chi connectivity index (χ1v) is 5.86. The van der Waals surface area contributed by atoms with Gasteiger partial charge in [0.25, 0.3) is 0 Å². The Balaban J connectivity index is 1.89. The Labute approximate surface area is 87.5 Å². The first kappa shape index (κ1) is 9.44. The van der Waals surface area contributed by atoms with E-state index in [0.29, 0.717) is 4.47 Å². The quantitative estimate of drug-likeness (QED) is 0.756. The molecule has 72 valence electrons. The smallest absolute Gasteiger partial charge is 0.183 e. The van der Waals surface area contributed by atoms with E-state index in [9.17, 15) is 0 Å². The van der Waals surface area contributed by atoms with Gasteiger partial charge in [-0.2, -0.15) is 0 Å². The second-order valence-corrected chi connectivity index (χ2v) is 5.11. The van der Waals surface area contributed by atoms with Gasteiger partial charge in [-0.3, -0.25) is 4.90 Å². The molecule has 1 fully saturated rings. The summed E-state index contributed by atoms with van der Waals surface area (Å²) in [5.74, 6) is 0. The predicted molar refractivity (Wildman–Crippen MR) is 56.3 cm³/mol. The van der Waals surface area contributed by atoms with Gasteiger partial charge in [0.05, 0.1) is 0 Å². The van der Waals surface area contributed by atoms with E-state index in [4.69, 9.17) is 11.6 Å². The van der Waals surface area contributed by atoms with E-state index < -0.39 is 0 Å². The van der Waals surface area contributed by atoms with Crippen molar-refractivity contribution in [3.63, 3.8) is 0 Å². The third-order valence-electron chi connectivity index (χ3n) is 2.35. The molecule has 0 aliphatic carbocycles. The van der Waals surface area contributed by atoms with Gasteiger partial charge >= 0.3 is 0 Å². The first-order valence-electron chi connectivity index (χ1n) is 4.67. The van der Waals surface area contributed by atoms with Crippen LogP contribution >= 0.6 is 22.9 Å². The lowest BCUT2D eigenvalue weighted by Gasteiger charge is -2.25. The highest BCUT2D eigenvalue weighted by Gasteiger charge is 2.11. The monoisotopic (exact) mass is 216 g/mol. The SMILES string of the molecule is Clc1ncc(CN2CCCCC2)s1. The van der Waals surface area contributed by atoms with Crippen LogP contribution in [0.1, 0.15) is 24.1 Å². The average molecular weight is 217 g/mol. The molecule has 0 atom stereocenters. The van der Waals surface area contributed by atoms with Gasteiger partial charge in [0, 0.05) is 17.6 Å². The number of thiazole rings is 1. The van der Waals surface area contributed by atoms with Crippen molar-refractivity contribution in [2.24, 2.45) is 0 Å². The third-order valence-corrected chi connectivity index (χ3v) is 3.45. The molecule has 0 N–H and O–H groups in total. The normalized spacial score (nSPS) is 19.2. The minimum absolute atomic E-state index is 0.659. The van der Waals surface area contributed by atoms with Crippen LogP contribution in [-0.2, 0) is 6.54 Å². The lowest BCUT2D eigenvalue weighted by atomic mass is 10.1. The summed E-state index contributed by atoms with van der Waals surface area (Å²) in [6, 6.07) is 0. The summed E-state index contributed by atoms with van der Waals surface area (Å²) in [6.07, 6.45) is 5.96. The highest BCUT2D eigenvalue weighted by Crippen LogP contribution is 2.20. The summed E-state index contributed by atoms with van der Waals surface area (Å²) in [5, 5.41) is 0. The predicted octanol–water partition coefficient (Wildman–Crippen LogP) is 2.78. The molecule has 0 spiro atoms. The van der Waals surface area contributed by atoms with Gasteiger partial charge in [-0.25, -0.2) is 4.98 Å². The Morgan fingerprint density at radius 3 is 2.77 bits per heavy atom. The Hall–Kier alpha value is -0.120.